The maximum Gasteiger partial charge on any atom is 0.270 e. The van der Waals surface area contributed by atoms with Crippen LogP contribution in [-0.2, 0) is 0 Å². The normalized spacial score (nSPS) is 14.5. The van der Waals surface area contributed by atoms with Gasteiger partial charge in [-0.3, -0.25) is 4.79 Å². The average molecular weight is 370 g/mol. The Morgan fingerprint density at radius 1 is 1.11 bits per heavy atom. The summed E-state index contributed by atoms with van der Waals surface area (Å²) >= 11 is 0. The summed E-state index contributed by atoms with van der Waals surface area (Å²) in [5.74, 6) is 1.96. The Morgan fingerprint density at radius 3 is 2.44 bits per heavy atom. The molecule has 144 valence electrons. The molecule has 9 nitrogen and oxygen atoms in total. The number of aryl methyl sites for hydroxylation is 1. The number of nitrogens with zero attached hydrogens (tertiary/aromatic N) is 7. The number of likely N-dealkylation sites (N-methyl/N-ethyl adjacent to an activating group) is 1. The molecule has 0 bridgehead atoms. The first-order valence-electron chi connectivity index (χ1n) is 9.08. The molecule has 27 heavy (non-hydrogen) atoms. The van der Waals surface area contributed by atoms with Crippen LogP contribution in [0, 0.1) is 6.92 Å². The minimum absolute atomic E-state index is 0.167. The molecule has 0 aromatic carbocycles. The summed E-state index contributed by atoms with van der Waals surface area (Å²) in [5.41, 5.74) is 0.407. The van der Waals surface area contributed by atoms with E-state index in [2.05, 4.69) is 35.1 Å². The van der Waals surface area contributed by atoms with Gasteiger partial charge in [-0.1, -0.05) is 0 Å². The van der Waals surface area contributed by atoms with Crippen molar-refractivity contribution in [2.45, 2.75) is 6.92 Å². The molecule has 1 saturated heterocycles. The Kier molecular flexibility index (Phi) is 6.12. The van der Waals surface area contributed by atoms with Gasteiger partial charge in [0.05, 0.1) is 0 Å². The van der Waals surface area contributed by atoms with Crippen LogP contribution in [0.2, 0.25) is 0 Å². The number of carbonyl (C=O) groups is 1. The van der Waals surface area contributed by atoms with Gasteiger partial charge in [-0.05, 0) is 27.1 Å². The van der Waals surface area contributed by atoms with E-state index in [1.54, 1.807) is 18.5 Å². The summed E-state index contributed by atoms with van der Waals surface area (Å²) in [7, 11) is 3.94. The minimum atomic E-state index is -0.167. The van der Waals surface area contributed by atoms with E-state index in [0.29, 0.717) is 18.1 Å². The van der Waals surface area contributed by atoms with Crippen molar-refractivity contribution >= 4 is 17.7 Å². The van der Waals surface area contributed by atoms with Crippen molar-refractivity contribution in [3.8, 4) is 0 Å². The van der Waals surface area contributed by atoms with Gasteiger partial charge in [0.25, 0.3) is 5.91 Å². The third kappa shape index (κ3) is 5.10. The van der Waals surface area contributed by atoms with Gasteiger partial charge in [0.1, 0.15) is 17.3 Å². The van der Waals surface area contributed by atoms with E-state index in [1.807, 2.05) is 32.0 Å². The van der Waals surface area contributed by atoms with Crippen molar-refractivity contribution in [3.05, 3.63) is 36.0 Å². The van der Waals surface area contributed by atoms with Crippen LogP contribution in [0.5, 0.6) is 0 Å². The highest BCUT2D eigenvalue weighted by molar-refractivity contribution is 5.92. The average Bonchev–Trinajstić information content (AvgIpc) is 2.68. The van der Waals surface area contributed by atoms with Crippen LogP contribution < -0.4 is 15.1 Å². The molecular weight excluding hydrogens is 344 g/mol. The van der Waals surface area contributed by atoms with Gasteiger partial charge in [-0.25, -0.2) is 19.9 Å². The molecule has 0 spiro atoms. The smallest absolute Gasteiger partial charge is 0.270 e. The van der Waals surface area contributed by atoms with E-state index in [9.17, 15) is 4.79 Å². The van der Waals surface area contributed by atoms with Crippen molar-refractivity contribution in [2.75, 3.05) is 63.2 Å². The lowest BCUT2D eigenvalue weighted by atomic mass is 10.3. The van der Waals surface area contributed by atoms with Crippen LogP contribution in [0.1, 0.15) is 16.3 Å². The topological polar surface area (TPSA) is 90.4 Å². The molecule has 1 aliphatic heterocycles. The fourth-order valence-electron chi connectivity index (χ4n) is 2.90. The summed E-state index contributed by atoms with van der Waals surface area (Å²) in [4.78, 5) is 36.2. The first-order chi connectivity index (χ1) is 13.0. The molecule has 0 atom stereocenters. The van der Waals surface area contributed by atoms with Gasteiger partial charge in [0.15, 0.2) is 0 Å². The Labute approximate surface area is 159 Å². The molecule has 1 fully saturated rings. The maximum atomic E-state index is 12.4. The molecule has 9 heteroatoms. The number of carbonyl (C=O) groups excluding carboxylic acids is 1. The number of nitrogens with one attached hydrogen (secondary N) is 1. The first kappa shape index (κ1) is 19.0. The fraction of sp³-hybridized carbons (Fsp3) is 0.500. The van der Waals surface area contributed by atoms with Gasteiger partial charge in [-0.2, -0.15) is 0 Å². The molecule has 2 aromatic heterocycles. The molecule has 2 aromatic rings. The second-order valence-electron chi connectivity index (χ2n) is 6.74. The molecule has 1 amide bonds. The molecule has 3 rings (SSSR count). The van der Waals surface area contributed by atoms with Crippen molar-refractivity contribution in [1.29, 1.82) is 0 Å². The molecule has 0 aliphatic carbocycles. The lowest BCUT2D eigenvalue weighted by Gasteiger charge is -2.35. The fourth-order valence-corrected chi connectivity index (χ4v) is 2.90. The monoisotopic (exact) mass is 370 g/mol. The lowest BCUT2D eigenvalue weighted by Crippen LogP contribution is -2.47. The number of rotatable bonds is 6. The number of aromatic nitrogens is 4. The van der Waals surface area contributed by atoms with Crippen LogP contribution >= 0.6 is 0 Å². The van der Waals surface area contributed by atoms with E-state index >= 15 is 0 Å². The van der Waals surface area contributed by atoms with E-state index in [1.165, 1.54) is 0 Å². The number of hydrogen-bond donors (Lipinski definition) is 1. The molecule has 3 heterocycles. The summed E-state index contributed by atoms with van der Waals surface area (Å²) in [6, 6.07) is 3.58. The predicted octanol–water partition coefficient (Wildman–Crippen LogP) is 0.193. The van der Waals surface area contributed by atoms with Gasteiger partial charge in [-0.15, -0.1) is 0 Å². The minimum Gasteiger partial charge on any atom is -0.353 e. The van der Waals surface area contributed by atoms with Crippen LogP contribution in [0.4, 0.5) is 11.8 Å². The Balaban J connectivity index is 1.63. The van der Waals surface area contributed by atoms with E-state index in [4.69, 9.17) is 0 Å². The zero-order valence-electron chi connectivity index (χ0n) is 16.1. The maximum absolute atomic E-state index is 12.4. The molecule has 1 aliphatic rings. The van der Waals surface area contributed by atoms with E-state index in [0.717, 1.165) is 44.5 Å². The number of hydrogen-bond acceptors (Lipinski definition) is 8. The highest BCUT2D eigenvalue weighted by Gasteiger charge is 2.21. The van der Waals surface area contributed by atoms with Crippen molar-refractivity contribution in [2.24, 2.45) is 0 Å². The Morgan fingerprint density at radius 2 is 1.78 bits per heavy atom. The van der Waals surface area contributed by atoms with Crippen molar-refractivity contribution in [3.63, 3.8) is 0 Å². The Bertz CT molecular complexity index is 759. The molecule has 0 radical (unpaired) electrons. The number of piperazine rings is 1. The summed E-state index contributed by atoms with van der Waals surface area (Å²) in [6.45, 7) is 6.36. The highest BCUT2D eigenvalue weighted by atomic mass is 16.1. The standard InChI is InChI=1S/C18H26N8O/c1-14-22-15(17(27)19-7-8-24(2)3)13-16(23-14)25-9-11-26(12-10-25)18-20-5-4-6-21-18/h4-6,13H,7-12H2,1-3H3,(H,19,27). The third-order valence-corrected chi connectivity index (χ3v) is 4.34. The van der Waals surface area contributed by atoms with Crippen molar-refractivity contribution in [1.82, 2.24) is 30.2 Å². The molecular formula is C18H26N8O. The van der Waals surface area contributed by atoms with Gasteiger partial charge in [0, 0.05) is 57.7 Å². The zero-order chi connectivity index (χ0) is 19.2. The quantitative estimate of drug-likeness (QED) is 0.771. The van der Waals surface area contributed by atoms with Crippen LogP contribution in [0.15, 0.2) is 24.5 Å². The predicted molar refractivity (Wildman–Crippen MR) is 104 cm³/mol. The number of amides is 1. The second kappa shape index (κ2) is 8.72. The van der Waals surface area contributed by atoms with Gasteiger partial charge in [0.2, 0.25) is 5.95 Å². The van der Waals surface area contributed by atoms with Gasteiger partial charge < -0.3 is 20.0 Å². The van der Waals surface area contributed by atoms with E-state index < -0.39 is 0 Å². The highest BCUT2D eigenvalue weighted by Crippen LogP contribution is 2.17. The largest absolute Gasteiger partial charge is 0.353 e. The first-order valence-corrected chi connectivity index (χ1v) is 9.08. The summed E-state index contributed by atoms with van der Waals surface area (Å²) in [6.07, 6.45) is 3.51. The second-order valence-corrected chi connectivity index (χ2v) is 6.74. The third-order valence-electron chi connectivity index (χ3n) is 4.34. The summed E-state index contributed by atoms with van der Waals surface area (Å²) < 4.78 is 0. The number of anilines is 2. The van der Waals surface area contributed by atoms with E-state index in [-0.39, 0.29) is 5.91 Å². The van der Waals surface area contributed by atoms with Crippen LogP contribution in [0.3, 0.4) is 0 Å². The van der Waals surface area contributed by atoms with Gasteiger partial charge >= 0.3 is 0 Å². The molecule has 1 N–H and O–H groups in total. The van der Waals surface area contributed by atoms with Crippen LogP contribution in [0.25, 0.3) is 0 Å². The van der Waals surface area contributed by atoms with Crippen LogP contribution in [-0.4, -0.2) is 84.1 Å². The SMILES string of the molecule is Cc1nc(C(=O)NCCN(C)C)cc(N2CCN(c3ncccn3)CC2)n1. The summed E-state index contributed by atoms with van der Waals surface area (Å²) in [5, 5.41) is 2.90. The lowest BCUT2D eigenvalue weighted by molar-refractivity contribution is 0.0945. The molecule has 0 unspecified atom stereocenters. The zero-order valence-corrected chi connectivity index (χ0v) is 16.1. The van der Waals surface area contributed by atoms with Crippen molar-refractivity contribution < 1.29 is 4.79 Å². The molecule has 0 saturated carbocycles. The Hall–Kier alpha value is -2.81.